The van der Waals surface area contributed by atoms with E-state index in [9.17, 15) is 9.00 Å². The number of carbonyl (C=O) groups is 1. The number of hydrogen-bond acceptors (Lipinski definition) is 3. The Morgan fingerprint density at radius 1 is 1.14 bits per heavy atom. The Hall–Kier alpha value is -2.66. The van der Waals surface area contributed by atoms with Crippen molar-refractivity contribution in [1.82, 2.24) is 9.88 Å². The highest BCUT2D eigenvalue weighted by Crippen LogP contribution is 2.25. The highest BCUT2D eigenvalue weighted by Gasteiger charge is 2.23. The van der Waals surface area contributed by atoms with Gasteiger partial charge < -0.3 is 4.90 Å². The number of benzene rings is 2. The molecule has 0 N–H and O–H groups in total. The van der Waals surface area contributed by atoms with E-state index in [1.54, 1.807) is 6.07 Å². The highest BCUT2D eigenvalue weighted by atomic mass is 32.2. The zero-order chi connectivity index (χ0) is 20.4. The summed E-state index contributed by atoms with van der Waals surface area (Å²) in [6.45, 7) is 3.72. The number of amides is 1. The highest BCUT2D eigenvalue weighted by molar-refractivity contribution is 7.99. The van der Waals surface area contributed by atoms with Gasteiger partial charge in [0.2, 0.25) is 0 Å². The lowest BCUT2D eigenvalue weighted by Gasteiger charge is -2.30. The molecule has 2 heterocycles. The summed E-state index contributed by atoms with van der Waals surface area (Å²) in [6, 6.07) is 19.1. The Kier molecular flexibility index (Phi) is 5.41. The molecular formula is C24H26N2O2S. The molecule has 0 radical (unpaired) electrons. The van der Waals surface area contributed by atoms with Crippen molar-refractivity contribution < 1.29 is 9.00 Å². The number of hydrogen-bond donors (Lipinski definition) is 0. The Morgan fingerprint density at radius 2 is 1.90 bits per heavy atom. The molecule has 4 nitrogen and oxygen atoms in total. The minimum absolute atomic E-state index is 0.0425. The van der Waals surface area contributed by atoms with Crippen LogP contribution in [0.1, 0.15) is 35.9 Å². The van der Waals surface area contributed by atoms with Gasteiger partial charge in [0.15, 0.2) is 0 Å². The maximum Gasteiger partial charge on any atom is 0.272 e. The van der Waals surface area contributed by atoms with Crippen molar-refractivity contribution in [3.8, 4) is 0 Å². The van der Waals surface area contributed by atoms with Gasteiger partial charge in [-0.3, -0.25) is 9.00 Å². The van der Waals surface area contributed by atoms with Crippen molar-refractivity contribution >= 4 is 32.1 Å². The van der Waals surface area contributed by atoms with E-state index in [2.05, 4.69) is 17.8 Å². The van der Waals surface area contributed by atoms with Crippen LogP contribution in [0.15, 0.2) is 65.6 Å². The summed E-state index contributed by atoms with van der Waals surface area (Å²) in [5, 5.41) is 1.99. The van der Waals surface area contributed by atoms with Crippen LogP contribution in [0.5, 0.6) is 0 Å². The van der Waals surface area contributed by atoms with Crippen LogP contribution in [0.25, 0.3) is 10.8 Å². The number of likely N-dealkylation sites (tertiary alicyclic amines) is 1. The topological polar surface area (TPSA) is 50.3 Å². The quantitative estimate of drug-likeness (QED) is 0.604. The number of pyridine rings is 1. The van der Waals surface area contributed by atoms with Crippen molar-refractivity contribution in [2.75, 3.05) is 13.1 Å². The van der Waals surface area contributed by atoms with Crippen LogP contribution in [0.3, 0.4) is 0 Å². The van der Waals surface area contributed by atoms with Crippen molar-refractivity contribution in [2.24, 2.45) is 5.92 Å². The van der Waals surface area contributed by atoms with E-state index < -0.39 is 9.52 Å². The summed E-state index contributed by atoms with van der Waals surface area (Å²) < 4.78 is 13.6. The molecule has 1 aromatic heterocycles. The van der Waals surface area contributed by atoms with E-state index in [1.165, 1.54) is 0 Å². The molecule has 2 atom stereocenters. The molecule has 5 heteroatoms. The molecule has 0 spiro atoms. The van der Waals surface area contributed by atoms with E-state index >= 15 is 0 Å². The van der Waals surface area contributed by atoms with E-state index in [-0.39, 0.29) is 11.7 Å². The first kappa shape index (κ1) is 19.6. The molecule has 2 aromatic carbocycles. The normalized spacial score (nSPS) is 19.1. The van der Waals surface area contributed by atoms with Gasteiger partial charge in [0.05, 0.1) is 11.4 Å². The van der Waals surface area contributed by atoms with Gasteiger partial charge in [-0.25, -0.2) is 4.98 Å². The standard InChI is InChI=1S/C24H26N2O2S/c1-18-8-7-15-26(16-18)24(27)22-13-6-11-20(25-22)17-29(2,28)23-14-5-10-19-9-3-4-12-21(19)23/h3-6,9-14,18H,2,7-8,15-17H2,1H3. The van der Waals surface area contributed by atoms with Gasteiger partial charge in [-0.05, 0) is 53.6 Å². The number of rotatable bonds is 4. The lowest BCUT2D eigenvalue weighted by atomic mass is 10.00. The molecule has 0 aliphatic carbocycles. The predicted octanol–water partition coefficient (Wildman–Crippen LogP) is 4.38. The Bertz CT molecular complexity index is 1150. The zero-order valence-corrected chi connectivity index (χ0v) is 17.5. The molecule has 3 aromatic rings. The lowest BCUT2D eigenvalue weighted by Crippen LogP contribution is -2.39. The van der Waals surface area contributed by atoms with Gasteiger partial charge in [0.25, 0.3) is 5.91 Å². The van der Waals surface area contributed by atoms with Crippen LogP contribution < -0.4 is 0 Å². The first-order valence-electron chi connectivity index (χ1n) is 10.0. The van der Waals surface area contributed by atoms with Gasteiger partial charge >= 0.3 is 0 Å². The van der Waals surface area contributed by atoms with Gasteiger partial charge in [0, 0.05) is 27.5 Å². The second-order valence-electron chi connectivity index (χ2n) is 7.95. The molecule has 0 saturated carbocycles. The van der Waals surface area contributed by atoms with Gasteiger partial charge in [-0.1, -0.05) is 49.4 Å². The van der Waals surface area contributed by atoms with E-state index in [0.29, 0.717) is 17.3 Å². The molecule has 150 valence electrons. The molecule has 4 rings (SSSR count). The first-order chi connectivity index (χ1) is 13.9. The maximum absolute atomic E-state index is 13.6. The molecule has 1 aliphatic heterocycles. The molecule has 1 amide bonds. The zero-order valence-electron chi connectivity index (χ0n) is 16.7. The maximum atomic E-state index is 13.6. The van der Waals surface area contributed by atoms with Gasteiger partial charge in [-0.2, -0.15) is 0 Å². The lowest BCUT2D eigenvalue weighted by molar-refractivity contribution is 0.0677. The van der Waals surface area contributed by atoms with Crippen LogP contribution in [-0.2, 0) is 15.3 Å². The average molecular weight is 407 g/mol. The third kappa shape index (κ3) is 4.20. The van der Waals surface area contributed by atoms with Crippen molar-refractivity contribution in [3.63, 3.8) is 0 Å². The van der Waals surface area contributed by atoms with E-state index in [0.717, 1.165) is 41.6 Å². The molecule has 2 unspecified atom stereocenters. The van der Waals surface area contributed by atoms with Crippen LogP contribution >= 0.6 is 0 Å². The average Bonchev–Trinajstić information content (AvgIpc) is 2.72. The van der Waals surface area contributed by atoms with Crippen molar-refractivity contribution in [2.45, 2.75) is 30.4 Å². The minimum Gasteiger partial charge on any atom is -0.337 e. The van der Waals surface area contributed by atoms with Crippen LogP contribution in [0.4, 0.5) is 0 Å². The fraction of sp³-hybridized carbons (Fsp3) is 0.292. The summed E-state index contributed by atoms with van der Waals surface area (Å²) in [6.07, 6.45) is 2.19. The Morgan fingerprint density at radius 3 is 2.72 bits per heavy atom. The first-order valence-corrected chi connectivity index (χ1v) is 11.9. The third-order valence-corrected chi connectivity index (χ3v) is 7.42. The molecule has 1 fully saturated rings. The van der Waals surface area contributed by atoms with E-state index in [1.807, 2.05) is 59.5 Å². The molecule has 1 aliphatic rings. The summed E-state index contributed by atoms with van der Waals surface area (Å²) in [5.41, 5.74) is 1.05. The van der Waals surface area contributed by atoms with Crippen LogP contribution in [-0.4, -0.2) is 39.0 Å². The second-order valence-corrected chi connectivity index (χ2v) is 10.3. The number of nitrogens with zero attached hydrogens (tertiary/aromatic N) is 2. The van der Waals surface area contributed by atoms with Crippen LogP contribution in [0.2, 0.25) is 0 Å². The number of carbonyl (C=O) groups excluding carboxylic acids is 1. The summed E-state index contributed by atoms with van der Waals surface area (Å²) in [4.78, 5) is 20.1. The number of fused-ring (bicyclic) bond motifs is 1. The fourth-order valence-electron chi connectivity index (χ4n) is 4.05. The third-order valence-electron chi connectivity index (χ3n) is 5.50. The number of piperidine rings is 1. The summed E-state index contributed by atoms with van der Waals surface area (Å²) in [7, 11) is -2.60. The van der Waals surface area contributed by atoms with E-state index in [4.69, 9.17) is 0 Å². The molecule has 1 saturated heterocycles. The monoisotopic (exact) mass is 406 g/mol. The van der Waals surface area contributed by atoms with Crippen molar-refractivity contribution in [3.05, 3.63) is 72.1 Å². The smallest absolute Gasteiger partial charge is 0.272 e. The minimum atomic E-state index is -2.60. The Balaban J connectivity index is 1.61. The second kappa shape index (κ2) is 7.99. The molecule has 0 bridgehead atoms. The van der Waals surface area contributed by atoms with Gasteiger partial charge in [0.1, 0.15) is 5.69 Å². The Labute approximate surface area is 172 Å². The fourth-order valence-corrected chi connectivity index (χ4v) is 5.76. The predicted molar refractivity (Wildman–Crippen MR) is 120 cm³/mol. The van der Waals surface area contributed by atoms with Crippen molar-refractivity contribution in [1.29, 1.82) is 0 Å². The SMILES string of the molecule is C=S(=O)(Cc1cccc(C(=O)N2CCCC(C)C2)n1)c1cccc2ccccc12. The number of aromatic nitrogens is 1. The largest absolute Gasteiger partial charge is 0.337 e. The van der Waals surface area contributed by atoms with Crippen LogP contribution in [0, 0.1) is 5.92 Å². The summed E-state index contributed by atoms with van der Waals surface area (Å²) >= 11 is 0. The molecule has 29 heavy (non-hydrogen) atoms. The summed E-state index contributed by atoms with van der Waals surface area (Å²) in [5.74, 6) is 4.73. The van der Waals surface area contributed by atoms with Gasteiger partial charge in [-0.15, -0.1) is 0 Å². The molecular weight excluding hydrogens is 380 g/mol.